The molecule has 0 aliphatic carbocycles. The van der Waals surface area contributed by atoms with Gasteiger partial charge >= 0.3 is 0 Å². The predicted octanol–water partition coefficient (Wildman–Crippen LogP) is 3.16. The van der Waals surface area contributed by atoms with Gasteiger partial charge in [0.15, 0.2) is 5.78 Å². The fraction of sp³-hybridized carbons (Fsp3) is 0.444. The zero-order valence-corrected chi connectivity index (χ0v) is 13.4. The zero-order valence-electron chi connectivity index (χ0n) is 13.4. The van der Waals surface area contributed by atoms with Gasteiger partial charge in [0.05, 0.1) is 29.7 Å². The Morgan fingerprint density at radius 3 is 2.45 bits per heavy atom. The summed E-state index contributed by atoms with van der Waals surface area (Å²) in [6.45, 7) is 6.62. The van der Waals surface area contributed by atoms with Crippen molar-refractivity contribution in [1.82, 2.24) is 14.7 Å². The first-order valence-corrected chi connectivity index (χ1v) is 8.02. The fourth-order valence-corrected chi connectivity index (χ4v) is 3.04. The molecule has 4 heteroatoms. The summed E-state index contributed by atoms with van der Waals surface area (Å²) in [7, 11) is 0. The van der Waals surface area contributed by atoms with Crippen LogP contribution in [0.3, 0.4) is 0 Å². The summed E-state index contributed by atoms with van der Waals surface area (Å²) < 4.78 is 1.85. The smallest absolute Gasteiger partial charge is 0.180 e. The lowest BCUT2D eigenvalue weighted by atomic mass is 10.1. The van der Waals surface area contributed by atoms with Crippen LogP contribution in [0.2, 0.25) is 0 Å². The SMILES string of the molecule is Cc1ccc(-n2ncc(C(=O)CN3CCCCC3)c2C)cc1. The van der Waals surface area contributed by atoms with Gasteiger partial charge < -0.3 is 0 Å². The summed E-state index contributed by atoms with van der Waals surface area (Å²) in [6.07, 6.45) is 5.40. The number of benzene rings is 1. The molecule has 1 aliphatic heterocycles. The topological polar surface area (TPSA) is 38.1 Å². The van der Waals surface area contributed by atoms with Crippen molar-refractivity contribution in [2.24, 2.45) is 0 Å². The Labute approximate surface area is 131 Å². The van der Waals surface area contributed by atoms with Crippen molar-refractivity contribution in [1.29, 1.82) is 0 Å². The minimum Gasteiger partial charge on any atom is -0.296 e. The summed E-state index contributed by atoms with van der Waals surface area (Å²) in [6, 6.07) is 8.19. The molecule has 1 aliphatic rings. The van der Waals surface area contributed by atoms with Crippen molar-refractivity contribution in [3.8, 4) is 5.69 Å². The van der Waals surface area contributed by atoms with E-state index in [2.05, 4.69) is 29.1 Å². The van der Waals surface area contributed by atoms with Crippen molar-refractivity contribution < 1.29 is 4.79 Å². The number of rotatable bonds is 4. The lowest BCUT2D eigenvalue weighted by Crippen LogP contribution is -2.34. The average Bonchev–Trinajstić information content (AvgIpc) is 2.91. The molecule has 0 unspecified atom stereocenters. The lowest BCUT2D eigenvalue weighted by Gasteiger charge is -2.25. The van der Waals surface area contributed by atoms with Crippen molar-refractivity contribution in [3.63, 3.8) is 0 Å². The number of carbonyl (C=O) groups is 1. The van der Waals surface area contributed by atoms with E-state index in [-0.39, 0.29) is 5.78 Å². The van der Waals surface area contributed by atoms with Gasteiger partial charge in [0.1, 0.15) is 0 Å². The Morgan fingerprint density at radius 1 is 1.09 bits per heavy atom. The van der Waals surface area contributed by atoms with E-state index in [1.54, 1.807) is 6.20 Å². The van der Waals surface area contributed by atoms with Gasteiger partial charge in [-0.25, -0.2) is 4.68 Å². The molecule has 1 fully saturated rings. The number of piperidine rings is 1. The third-order valence-electron chi connectivity index (χ3n) is 4.40. The number of hydrogen-bond donors (Lipinski definition) is 0. The largest absolute Gasteiger partial charge is 0.296 e. The van der Waals surface area contributed by atoms with Crippen LogP contribution in [0.25, 0.3) is 5.69 Å². The monoisotopic (exact) mass is 297 g/mol. The first kappa shape index (κ1) is 15.0. The van der Waals surface area contributed by atoms with Gasteiger partial charge in [-0.15, -0.1) is 0 Å². The number of Topliss-reactive ketones (excluding diaryl/α,β-unsaturated/α-hetero) is 1. The molecule has 0 radical (unpaired) electrons. The molecule has 0 saturated carbocycles. The van der Waals surface area contributed by atoms with Crippen LogP contribution in [0.5, 0.6) is 0 Å². The predicted molar refractivity (Wildman–Crippen MR) is 87.7 cm³/mol. The molecule has 0 atom stereocenters. The van der Waals surface area contributed by atoms with Crippen LogP contribution in [-0.2, 0) is 0 Å². The molecule has 1 aromatic carbocycles. The summed E-state index contributed by atoms with van der Waals surface area (Å²) in [5, 5.41) is 4.41. The van der Waals surface area contributed by atoms with Gasteiger partial charge in [-0.1, -0.05) is 24.1 Å². The van der Waals surface area contributed by atoms with Crippen molar-refractivity contribution in [3.05, 3.63) is 47.3 Å². The summed E-state index contributed by atoms with van der Waals surface area (Å²) >= 11 is 0. The van der Waals surface area contributed by atoms with Gasteiger partial charge in [0.25, 0.3) is 0 Å². The highest BCUT2D eigenvalue weighted by atomic mass is 16.1. The maximum absolute atomic E-state index is 12.5. The molecule has 0 spiro atoms. The van der Waals surface area contributed by atoms with E-state index in [0.29, 0.717) is 6.54 Å². The molecular formula is C18H23N3O. The van der Waals surface area contributed by atoms with Crippen LogP contribution in [0.15, 0.2) is 30.5 Å². The fourth-order valence-electron chi connectivity index (χ4n) is 3.04. The third-order valence-corrected chi connectivity index (χ3v) is 4.40. The molecule has 116 valence electrons. The number of carbonyl (C=O) groups excluding carboxylic acids is 1. The van der Waals surface area contributed by atoms with E-state index in [0.717, 1.165) is 30.0 Å². The molecule has 1 aromatic heterocycles. The van der Waals surface area contributed by atoms with Crippen LogP contribution in [0, 0.1) is 13.8 Å². The molecule has 22 heavy (non-hydrogen) atoms. The van der Waals surface area contributed by atoms with E-state index < -0.39 is 0 Å². The maximum atomic E-state index is 12.5. The number of aromatic nitrogens is 2. The van der Waals surface area contributed by atoms with Crippen LogP contribution in [-0.4, -0.2) is 40.1 Å². The van der Waals surface area contributed by atoms with Gasteiger partial charge in [-0.2, -0.15) is 5.10 Å². The highest BCUT2D eigenvalue weighted by molar-refractivity contribution is 5.98. The molecule has 4 nitrogen and oxygen atoms in total. The van der Waals surface area contributed by atoms with Crippen molar-refractivity contribution in [2.45, 2.75) is 33.1 Å². The Kier molecular flexibility index (Phi) is 4.39. The van der Waals surface area contributed by atoms with Crippen LogP contribution in [0.4, 0.5) is 0 Å². The van der Waals surface area contributed by atoms with Crippen LogP contribution >= 0.6 is 0 Å². The number of aryl methyl sites for hydroxylation is 1. The Bertz CT molecular complexity index is 651. The lowest BCUT2D eigenvalue weighted by molar-refractivity contribution is 0.0915. The van der Waals surface area contributed by atoms with E-state index in [9.17, 15) is 4.79 Å². The highest BCUT2D eigenvalue weighted by Crippen LogP contribution is 2.16. The summed E-state index contributed by atoms with van der Waals surface area (Å²) in [5.74, 6) is 0.178. The summed E-state index contributed by atoms with van der Waals surface area (Å²) in [4.78, 5) is 14.8. The number of hydrogen-bond acceptors (Lipinski definition) is 3. The maximum Gasteiger partial charge on any atom is 0.180 e. The first-order chi connectivity index (χ1) is 10.6. The van der Waals surface area contributed by atoms with E-state index in [4.69, 9.17) is 0 Å². The standard InChI is InChI=1S/C18H23N3O/c1-14-6-8-16(9-7-14)21-15(2)17(12-19-21)18(22)13-20-10-4-3-5-11-20/h6-9,12H,3-5,10-11,13H2,1-2H3. The Balaban J connectivity index is 1.77. The van der Waals surface area contributed by atoms with Crippen LogP contribution < -0.4 is 0 Å². The van der Waals surface area contributed by atoms with E-state index in [1.807, 2.05) is 23.7 Å². The minimum absolute atomic E-state index is 0.178. The molecule has 2 aromatic rings. The number of ketones is 1. The second-order valence-corrected chi connectivity index (χ2v) is 6.15. The highest BCUT2D eigenvalue weighted by Gasteiger charge is 2.19. The van der Waals surface area contributed by atoms with Crippen LogP contribution in [0.1, 0.15) is 40.9 Å². The molecule has 0 amide bonds. The molecule has 2 heterocycles. The van der Waals surface area contributed by atoms with E-state index in [1.165, 1.54) is 24.8 Å². The Morgan fingerprint density at radius 2 is 1.77 bits per heavy atom. The second-order valence-electron chi connectivity index (χ2n) is 6.15. The minimum atomic E-state index is 0.178. The van der Waals surface area contributed by atoms with Crippen molar-refractivity contribution >= 4 is 5.78 Å². The molecule has 1 saturated heterocycles. The van der Waals surface area contributed by atoms with Crippen molar-refractivity contribution in [2.75, 3.05) is 19.6 Å². The zero-order chi connectivity index (χ0) is 15.5. The number of likely N-dealkylation sites (tertiary alicyclic amines) is 1. The van der Waals surface area contributed by atoms with Gasteiger partial charge in [-0.3, -0.25) is 9.69 Å². The number of nitrogens with zero attached hydrogens (tertiary/aromatic N) is 3. The molecule has 3 rings (SSSR count). The van der Waals surface area contributed by atoms with Gasteiger partial charge in [0, 0.05) is 0 Å². The molecule has 0 bridgehead atoms. The van der Waals surface area contributed by atoms with Gasteiger partial charge in [0.2, 0.25) is 0 Å². The van der Waals surface area contributed by atoms with E-state index >= 15 is 0 Å². The van der Waals surface area contributed by atoms with Gasteiger partial charge in [-0.05, 0) is 51.9 Å². The first-order valence-electron chi connectivity index (χ1n) is 8.02. The quantitative estimate of drug-likeness (QED) is 0.814. The summed E-state index contributed by atoms with van der Waals surface area (Å²) in [5.41, 5.74) is 3.88. The Hall–Kier alpha value is -1.94. The normalized spacial score (nSPS) is 15.9. The average molecular weight is 297 g/mol. The molecular weight excluding hydrogens is 274 g/mol. The molecule has 0 N–H and O–H groups in total. The third kappa shape index (κ3) is 3.12. The second kappa shape index (κ2) is 6.44.